The van der Waals surface area contributed by atoms with Gasteiger partial charge < -0.3 is 15.2 Å². The largest absolute Gasteiger partial charge is 0.506 e. The van der Waals surface area contributed by atoms with Crippen molar-refractivity contribution < 1.29 is 19.0 Å². The molecule has 188 valence electrons. The third-order valence-corrected chi connectivity index (χ3v) is 8.23. The number of ether oxygens (including phenoxy) is 1. The minimum atomic E-state index is -0.535. The number of benzene rings is 1. The van der Waals surface area contributed by atoms with Crippen LogP contribution in [-0.2, 0) is 11.3 Å². The maximum Gasteiger partial charge on any atom is 0.268 e. The van der Waals surface area contributed by atoms with Gasteiger partial charge in [0.05, 0.1) is 5.39 Å². The van der Waals surface area contributed by atoms with Crippen molar-refractivity contribution in [2.75, 3.05) is 13.2 Å². The van der Waals surface area contributed by atoms with Crippen molar-refractivity contribution >= 4 is 16.9 Å². The van der Waals surface area contributed by atoms with E-state index in [0.29, 0.717) is 47.7 Å². The highest BCUT2D eigenvalue weighted by molar-refractivity contribution is 6.02. The summed E-state index contributed by atoms with van der Waals surface area (Å²) in [4.78, 5) is 31.4. The topological polar surface area (TPSA) is 93.5 Å². The molecule has 1 aromatic carbocycles. The van der Waals surface area contributed by atoms with E-state index in [-0.39, 0.29) is 23.2 Å². The molecule has 1 spiro atoms. The fourth-order valence-electron chi connectivity index (χ4n) is 5.80. The second-order valence-electron chi connectivity index (χ2n) is 10.7. The molecule has 2 aromatic heterocycles. The molecule has 2 saturated carbocycles. The monoisotopic (exact) mass is 491 g/mol. The van der Waals surface area contributed by atoms with E-state index in [1.165, 1.54) is 29.5 Å². The van der Waals surface area contributed by atoms with Crippen LogP contribution in [0.2, 0.25) is 0 Å². The number of halogens is 1. The number of aryl methyl sites for hydroxylation is 1. The van der Waals surface area contributed by atoms with Crippen LogP contribution in [0.25, 0.3) is 22.2 Å². The molecule has 3 aromatic rings. The molecule has 3 fully saturated rings. The van der Waals surface area contributed by atoms with Crippen molar-refractivity contribution in [1.82, 2.24) is 14.9 Å². The highest BCUT2D eigenvalue weighted by atomic mass is 19.1. The Hall–Kier alpha value is -3.26. The van der Waals surface area contributed by atoms with Crippen molar-refractivity contribution in [1.29, 1.82) is 0 Å². The van der Waals surface area contributed by atoms with Gasteiger partial charge in [0.15, 0.2) is 0 Å². The lowest BCUT2D eigenvalue weighted by Gasteiger charge is -2.36. The zero-order valence-electron chi connectivity index (χ0n) is 20.1. The lowest BCUT2D eigenvalue weighted by molar-refractivity contribution is 0.0626. The molecule has 8 heteroatoms. The molecule has 0 bridgehead atoms. The van der Waals surface area contributed by atoms with Gasteiger partial charge in [-0.2, -0.15) is 0 Å². The van der Waals surface area contributed by atoms with Crippen molar-refractivity contribution in [3.05, 3.63) is 58.3 Å². The fourth-order valence-corrected chi connectivity index (χ4v) is 5.80. The predicted octanol–water partition coefficient (Wildman–Crippen LogP) is 4.40. The first-order valence-corrected chi connectivity index (χ1v) is 12.8. The van der Waals surface area contributed by atoms with Crippen molar-refractivity contribution in [3.63, 3.8) is 0 Å². The lowest BCUT2D eigenvalue weighted by Crippen LogP contribution is -2.47. The number of fused-ring (bicyclic) bond motifs is 1. The van der Waals surface area contributed by atoms with Gasteiger partial charge in [0.2, 0.25) is 0 Å². The van der Waals surface area contributed by atoms with E-state index in [0.717, 1.165) is 37.7 Å². The summed E-state index contributed by atoms with van der Waals surface area (Å²) in [7, 11) is 0. The Morgan fingerprint density at radius 2 is 1.89 bits per heavy atom. The second kappa shape index (κ2) is 9.00. The molecule has 3 heterocycles. The number of amides is 1. The maximum atomic E-state index is 13.6. The lowest BCUT2D eigenvalue weighted by atomic mass is 9.77. The Labute approximate surface area is 208 Å². The third-order valence-electron chi connectivity index (χ3n) is 8.23. The quantitative estimate of drug-likeness (QED) is 0.533. The van der Waals surface area contributed by atoms with E-state index >= 15 is 0 Å². The van der Waals surface area contributed by atoms with E-state index in [2.05, 4.69) is 10.3 Å². The van der Waals surface area contributed by atoms with Gasteiger partial charge in [-0.3, -0.25) is 14.2 Å². The Balaban J connectivity index is 1.39. The minimum absolute atomic E-state index is 0.0360. The maximum absolute atomic E-state index is 13.6. The Morgan fingerprint density at radius 3 is 2.58 bits per heavy atom. The molecule has 2 aliphatic carbocycles. The van der Waals surface area contributed by atoms with E-state index < -0.39 is 11.5 Å². The fraction of sp³-hybridized carbons (Fsp3) is 0.464. The van der Waals surface area contributed by atoms with Gasteiger partial charge in [-0.25, -0.2) is 9.37 Å². The number of aromatic hydroxyl groups is 1. The zero-order chi connectivity index (χ0) is 24.9. The van der Waals surface area contributed by atoms with E-state index in [1.54, 1.807) is 24.4 Å². The SMILES string of the molecule is O=C(NC1CC2(CC2)C1)c1c(O)c2cc(-c3ccc(F)cc3)cnc2n(CCC2CCOCC2)c1=O. The Morgan fingerprint density at radius 1 is 1.17 bits per heavy atom. The van der Waals surface area contributed by atoms with Crippen molar-refractivity contribution in [2.24, 2.45) is 11.3 Å². The van der Waals surface area contributed by atoms with Gasteiger partial charge in [-0.05, 0) is 80.0 Å². The van der Waals surface area contributed by atoms with Gasteiger partial charge in [-0.1, -0.05) is 12.1 Å². The molecule has 3 aliphatic rings. The normalized spacial score (nSPS) is 19.4. The van der Waals surface area contributed by atoms with Crippen molar-refractivity contribution in [3.8, 4) is 16.9 Å². The molecule has 0 radical (unpaired) electrons. The van der Waals surface area contributed by atoms with Crippen LogP contribution in [0.5, 0.6) is 5.75 Å². The van der Waals surface area contributed by atoms with Gasteiger partial charge in [0, 0.05) is 37.6 Å². The average Bonchev–Trinajstić information content (AvgIpc) is 3.66. The molecule has 1 amide bonds. The first-order chi connectivity index (χ1) is 17.4. The van der Waals surface area contributed by atoms with Crippen LogP contribution in [0.15, 0.2) is 41.3 Å². The number of nitrogens with one attached hydrogen (secondary N) is 1. The van der Waals surface area contributed by atoms with Crippen LogP contribution in [0.1, 0.15) is 55.3 Å². The molecule has 36 heavy (non-hydrogen) atoms. The predicted molar refractivity (Wildman–Crippen MR) is 133 cm³/mol. The number of rotatable bonds is 6. The smallest absolute Gasteiger partial charge is 0.268 e. The average molecular weight is 492 g/mol. The summed E-state index contributed by atoms with van der Waals surface area (Å²) in [6.07, 6.45) is 8.52. The van der Waals surface area contributed by atoms with Gasteiger partial charge >= 0.3 is 0 Å². The van der Waals surface area contributed by atoms with Gasteiger partial charge in [-0.15, -0.1) is 0 Å². The molecule has 1 aliphatic heterocycles. The molecule has 0 atom stereocenters. The van der Waals surface area contributed by atoms with Crippen LogP contribution < -0.4 is 10.9 Å². The minimum Gasteiger partial charge on any atom is -0.506 e. The Kier molecular flexibility index (Phi) is 5.79. The van der Waals surface area contributed by atoms with E-state index in [9.17, 15) is 19.1 Å². The Bertz CT molecular complexity index is 1370. The summed E-state index contributed by atoms with van der Waals surface area (Å²) in [5.41, 5.74) is 1.37. The molecule has 1 saturated heterocycles. The number of hydrogen-bond acceptors (Lipinski definition) is 5. The highest BCUT2D eigenvalue weighted by Crippen LogP contribution is 2.60. The number of hydrogen-bond donors (Lipinski definition) is 2. The second-order valence-corrected chi connectivity index (χ2v) is 10.7. The summed E-state index contributed by atoms with van der Waals surface area (Å²) in [6.45, 7) is 1.83. The standard InChI is InChI=1S/C28H30FN3O4/c29-20-3-1-18(2-4-20)19-13-22-24(33)23(26(34)31-21-14-28(15-21)8-9-28)27(35)32(25(22)30-16-19)10-5-17-6-11-36-12-7-17/h1-4,13,16-17,21,33H,5-12,14-15H2,(H,31,34). The molecule has 6 rings (SSSR count). The molecule has 0 unspecified atom stereocenters. The van der Waals surface area contributed by atoms with Gasteiger partial charge in [0.25, 0.3) is 11.5 Å². The summed E-state index contributed by atoms with van der Waals surface area (Å²) in [6, 6.07) is 7.74. The van der Waals surface area contributed by atoms with Gasteiger partial charge in [0.1, 0.15) is 22.8 Å². The van der Waals surface area contributed by atoms with Crippen LogP contribution in [-0.4, -0.2) is 39.8 Å². The summed E-state index contributed by atoms with van der Waals surface area (Å²) in [5.74, 6) is -0.811. The van der Waals surface area contributed by atoms with E-state index in [4.69, 9.17) is 4.74 Å². The number of carbonyl (C=O) groups is 1. The molecule has 7 nitrogen and oxygen atoms in total. The first-order valence-electron chi connectivity index (χ1n) is 12.8. The summed E-state index contributed by atoms with van der Waals surface area (Å²) >= 11 is 0. The summed E-state index contributed by atoms with van der Waals surface area (Å²) in [5, 5.41) is 14.5. The number of nitrogens with zero attached hydrogens (tertiary/aromatic N) is 2. The highest BCUT2D eigenvalue weighted by Gasteiger charge is 2.53. The van der Waals surface area contributed by atoms with Crippen LogP contribution in [0.3, 0.4) is 0 Å². The molecular formula is C28H30FN3O4. The van der Waals surface area contributed by atoms with Crippen molar-refractivity contribution in [2.45, 2.75) is 57.5 Å². The number of carbonyl (C=O) groups excluding carboxylic acids is 1. The van der Waals surface area contributed by atoms with Crippen LogP contribution >= 0.6 is 0 Å². The summed E-state index contributed by atoms with van der Waals surface area (Å²) < 4.78 is 20.4. The van der Waals surface area contributed by atoms with E-state index in [1.807, 2.05) is 0 Å². The number of pyridine rings is 2. The van der Waals surface area contributed by atoms with Crippen LogP contribution in [0, 0.1) is 17.2 Å². The molecular weight excluding hydrogens is 461 g/mol. The third kappa shape index (κ3) is 4.28. The number of aromatic nitrogens is 2. The molecule has 2 N–H and O–H groups in total. The zero-order valence-corrected chi connectivity index (χ0v) is 20.1. The first kappa shape index (κ1) is 23.2. The van der Waals surface area contributed by atoms with Crippen LogP contribution in [0.4, 0.5) is 4.39 Å².